The van der Waals surface area contributed by atoms with E-state index in [0.29, 0.717) is 6.42 Å². The van der Waals surface area contributed by atoms with E-state index in [9.17, 15) is 5.11 Å². The Labute approximate surface area is 177 Å². The minimum absolute atomic E-state index is 0.0206. The Hall–Kier alpha value is -3.22. The summed E-state index contributed by atoms with van der Waals surface area (Å²) in [6.07, 6.45) is 11.9. The summed E-state index contributed by atoms with van der Waals surface area (Å²) in [4.78, 5) is 8.89. The highest BCUT2D eigenvalue weighted by molar-refractivity contribution is 5.90. The topological polar surface area (TPSA) is 75.0 Å². The van der Waals surface area contributed by atoms with Gasteiger partial charge in [0.2, 0.25) is 0 Å². The van der Waals surface area contributed by atoms with Crippen molar-refractivity contribution in [3.8, 4) is 5.69 Å². The first kappa shape index (κ1) is 21.5. The summed E-state index contributed by atoms with van der Waals surface area (Å²) >= 11 is 0. The molecule has 0 aliphatic carbocycles. The van der Waals surface area contributed by atoms with Gasteiger partial charge in [0, 0.05) is 42.7 Å². The molecule has 1 aromatic carbocycles. The van der Waals surface area contributed by atoms with Gasteiger partial charge < -0.3 is 20.3 Å². The van der Waals surface area contributed by atoms with Crippen LogP contribution in [0.5, 0.6) is 0 Å². The predicted octanol–water partition coefficient (Wildman–Crippen LogP) is 3.77. The fourth-order valence-corrected chi connectivity index (χ4v) is 3.52. The highest BCUT2D eigenvalue weighted by Crippen LogP contribution is 2.25. The Morgan fingerprint density at radius 2 is 2.03 bits per heavy atom. The second-order valence-electron chi connectivity index (χ2n) is 7.12. The number of benzene rings is 1. The van der Waals surface area contributed by atoms with Crippen LogP contribution in [0.1, 0.15) is 18.1 Å². The molecular formula is C24H29N5O. The van der Waals surface area contributed by atoms with E-state index in [-0.39, 0.29) is 12.6 Å². The normalized spacial score (nSPS) is 12.7. The van der Waals surface area contributed by atoms with Crippen LogP contribution in [-0.4, -0.2) is 39.3 Å². The van der Waals surface area contributed by atoms with Gasteiger partial charge in [-0.15, -0.1) is 0 Å². The van der Waals surface area contributed by atoms with Crippen LogP contribution in [0.3, 0.4) is 0 Å². The highest BCUT2D eigenvalue weighted by atomic mass is 16.2. The number of hydrogen-bond donors (Lipinski definition) is 3. The molecule has 2 aromatic heterocycles. The molecule has 0 aliphatic rings. The number of rotatable bonds is 10. The molecule has 0 aliphatic heterocycles. The molecule has 3 aromatic rings. The molecule has 2 heterocycles. The summed E-state index contributed by atoms with van der Waals surface area (Å²) < 4.78 is 2.09. The smallest absolute Gasteiger partial charge is 0.137 e. The maximum absolute atomic E-state index is 9.38. The van der Waals surface area contributed by atoms with Crippen molar-refractivity contribution in [2.75, 3.05) is 19.0 Å². The van der Waals surface area contributed by atoms with Crippen molar-refractivity contribution >= 4 is 16.7 Å². The number of aliphatic hydroxyl groups is 1. The summed E-state index contributed by atoms with van der Waals surface area (Å²) in [5, 5.41) is 17.0. The van der Waals surface area contributed by atoms with Crippen LogP contribution in [0.2, 0.25) is 0 Å². The summed E-state index contributed by atoms with van der Waals surface area (Å²) in [5.74, 6) is 0.768. The lowest BCUT2D eigenvalue weighted by Crippen LogP contribution is -2.18. The zero-order valence-corrected chi connectivity index (χ0v) is 17.6. The van der Waals surface area contributed by atoms with Gasteiger partial charge in [-0.2, -0.15) is 0 Å². The van der Waals surface area contributed by atoms with Gasteiger partial charge in [0.15, 0.2) is 0 Å². The van der Waals surface area contributed by atoms with Crippen LogP contribution in [0.15, 0.2) is 73.9 Å². The van der Waals surface area contributed by atoms with E-state index in [1.807, 2.05) is 31.3 Å². The number of nitrogens with one attached hydrogen (secondary N) is 2. The van der Waals surface area contributed by atoms with E-state index in [4.69, 9.17) is 0 Å². The van der Waals surface area contributed by atoms with E-state index in [0.717, 1.165) is 40.1 Å². The number of aromatic nitrogens is 3. The fourth-order valence-electron chi connectivity index (χ4n) is 3.52. The molecule has 1 atom stereocenters. The van der Waals surface area contributed by atoms with E-state index in [2.05, 4.69) is 63.7 Å². The second-order valence-corrected chi connectivity index (χ2v) is 7.12. The third-order valence-electron chi connectivity index (χ3n) is 5.07. The fraction of sp³-hybridized carbons (Fsp3) is 0.250. The van der Waals surface area contributed by atoms with Gasteiger partial charge in [-0.05, 0) is 55.3 Å². The molecule has 0 spiro atoms. The molecule has 30 heavy (non-hydrogen) atoms. The molecule has 3 N–H and O–H groups in total. The van der Waals surface area contributed by atoms with Gasteiger partial charge in [0.25, 0.3) is 0 Å². The number of hydrogen-bond acceptors (Lipinski definition) is 5. The monoisotopic (exact) mass is 403 g/mol. The molecule has 0 amide bonds. The Balaban J connectivity index is 2.01. The Kier molecular flexibility index (Phi) is 7.17. The lowest BCUT2D eigenvalue weighted by Gasteiger charge is -2.17. The van der Waals surface area contributed by atoms with Crippen LogP contribution in [0, 0.1) is 0 Å². The van der Waals surface area contributed by atoms with Crippen LogP contribution in [0.25, 0.3) is 16.6 Å². The third-order valence-corrected chi connectivity index (χ3v) is 5.07. The summed E-state index contributed by atoms with van der Waals surface area (Å²) in [6, 6.07) is 6.15. The molecule has 1 unspecified atom stereocenters. The first-order valence-corrected chi connectivity index (χ1v) is 10.0. The van der Waals surface area contributed by atoms with Gasteiger partial charge in [-0.1, -0.05) is 31.4 Å². The number of nitrogens with zero attached hydrogens (tertiary/aromatic N) is 3. The minimum Gasteiger partial charge on any atom is -0.396 e. The minimum atomic E-state index is 0.0206. The standard InChI is InChI=1S/C24H29N5O/c1-5-7-18(6-2)17(3)28-24-22-12-21(8-9-23(22)26-16-27-24)29-14-19(10-11-30)20(15-29)13-25-4/h5-9,12,14-17,25,30H,1-2,10-11,13H2,3-4H3,(H,26,27,28)/b18-7+. The Morgan fingerprint density at radius 1 is 1.23 bits per heavy atom. The van der Waals surface area contributed by atoms with Gasteiger partial charge in [-0.25, -0.2) is 9.97 Å². The summed E-state index contributed by atoms with van der Waals surface area (Å²) in [6.45, 7) is 10.6. The summed E-state index contributed by atoms with van der Waals surface area (Å²) in [5.41, 5.74) is 5.22. The molecule has 6 nitrogen and oxygen atoms in total. The van der Waals surface area contributed by atoms with Gasteiger partial charge in [0.05, 0.1) is 5.52 Å². The average molecular weight is 404 g/mol. The molecule has 0 saturated heterocycles. The Bertz CT molecular complexity index is 1040. The van der Waals surface area contributed by atoms with Crippen LogP contribution in [0.4, 0.5) is 5.82 Å². The van der Waals surface area contributed by atoms with Crippen LogP contribution < -0.4 is 10.6 Å². The zero-order chi connectivity index (χ0) is 21.5. The maximum atomic E-state index is 9.38. The quantitative estimate of drug-likeness (QED) is 0.449. The van der Waals surface area contributed by atoms with Gasteiger partial charge >= 0.3 is 0 Å². The molecule has 0 fully saturated rings. The van der Waals surface area contributed by atoms with E-state index >= 15 is 0 Å². The lowest BCUT2D eigenvalue weighted by atomic mass is 10.1. The lowest BCUT2D eigenvalue weighted by molar-refractivity contribution is 0.299. The van der Waals surface area contributed by atoms with Crippen molar-refractivity contribution in [1.29, 1.82) is 0 Å². The largest absolute Gasteiger partial charge is 0.396 e. The molecule has 6 heteroatoms. The van der Waals surface area contributed by atoms with E-state index in [1.165, 1.54) is 5.56 Å². The Morgan fingerprint density at radius 3 is 2.73 bits per heavy atom. The SMILES string of the molecule is C=C/C=C(\C=C)C(C)Nc1ncnc2ccc(-n3cc(CCO)c(CNC)c3)cc12. The molecule has 3 rings (SSSR count). The third kappa shape index (κ3) is 4.67. The van der Waals surface area contributed by atoms with Crippen molar-refractivity contribution in [3.63, 3.8) is 0 Å². The molecule has 0 saturated carbocycles. The van der Waals surface area contributed by atoms with Crippen molar-refractivity contribution in [2.24, 2.45) is 0 Å². The predicted molar refractivity (Wildman–Crippen MR) is 124 cm³/mol. The number of allylic oxidation sites excluding steroid dienone is 2. The van der Waals surface area contributed by atoms with Crippen molar-refractivity contribution in [2.45, 2.75) is 25.9 Å². The van der Waals surface area contributed by atoms with Crippen LogP contribution >= 0.6 is 0 Å². The van der Waals surface area contributed by atoms with Crippen molar-refractivity contribution < 1.29 is 5.11 Å². The van der Waals surface area contributed by atoms with Crippen molar-refractivity contribution in [3.05, 3.63) is 85.0 Å². The highest BCUT2D eigenvalue weighted by Gasteiger charge is 2.12. The number of fused-ring (bicyclic) bond motifs is 1. The second kappa shape index (κ2) is 10.0. The van der Waals surface area contributed by atoms with Gasteiger partial charge in [-0.3, -0.25) is 0 Å². The maximum Gasteiger partial charge on any atom is 0.137 e. The molecule has 0 bridgehead atoms. The zero-order valence-electron chi connectivity index (χ0n) is 17.6. The summed E-state index contributed by atoms with van der Waals surface area (Å²) in [7, 11) is 1.92. The number of anilines is 1. The van der Waals surface area contributed by atoms with E-state index in [1.54, 1.807) is 12.4 Å². The molecule has 156 valence electrons. The number of aliphatic hydroxyl groups excluding tert-OH is 1. The molecular weight excluding hydrogens is 374 g/mol. The average Bonchev–Trinajstić information content (AvgIpc) is 3.15. The van der Waals surface area contributed by atoms with E-state index < -0.39 is 0 Å². The first-order valence-electron chi connectivity index (χ1n) is 10.0. The van der Waals surface area contributed by atoms with Crippen molar-refractivity contribution in [1.82, 2.24) is 19.9 Å². The first-order chi connectivity index (χ1) is 14.6. The van der Waals surface area contributed by atoms with Gasteiger partial charge in [0.1, 0.15) is 12.1 Å². The van der Waals surface area contributed by atoms with Crippen LogP contribution in [-0.2, 0) is 13.0 Å². The molecule has 0 radical (unpaired) electrons.